The van der Waals surface area contributed by atoms with E-state index in [1.807, 2.05) is 0 Å². The Balaban J connectivity index is 1.87. The van der Waals surface area contributed by atoms with Crippen LogP contribution in [0.2, 0.25) is 0 Å². The summed E-state index contributed by atoms with van der Waals surface area (Å²) in [4.78, 5) is 35.9. The highest BCUT2D eigenvalue weighted by Crippen LogP contribution is 2.48. The lowest BCUT2D eigenvalue weighted by Gasteiger charge is -2.28. The van der Waals surface area contributed by atoms with Crippen molar-refractivity contribution in [2.75, 3.05) is 20.6 Å². The van der Waals surface area contributed by atoms with Crippen LogP contribution in [-0.4, -0.2) is 54.6 Å². The van der Waals surface area contributed by atoms with Crippen molar-refractivity contribution in [2.45, 2.75) is 25.3 Å². The van der Waals surface area contributed by atoms with Gasteiger partial charge in [-0.3, -0.25) is 9.59 Å². The average molecular weight is 283 g/mol. The second kappa shape index (κ2) is 5.68. The fourth-order valence-corrected chi connectivity index (χ4v) is 3.37. The van der Waals surface area contributed by atoms with E-state index < -0.39 is 17.9 Å². The summed E-state index contributed by atoms with van der Waals surface area (Å²) in [5.41, 5.74) is 0. The third kappa shape index (κ3) is 2.86. The largest absolute Gasteiger partial charge is 0.481 e. The number of carbonyl (C=O) groups excluding carboxylic acids is 2. The van der Waals surface area contributed by atoms with E-state index in [0.717, 1.165) is 19.3 Å². The first-order valence-corrected chi connectivity index (χ1v) is 6.87. The van der Waals surface area contributed by atoms with Crippen molar-refractivity contribution in [2.24, 2.45) is 17.8 Å². The van der Waals surface area contributed by atoms with E-state index in [4.69, 9.17) is 0 Å². The van der Waals surface area contributed by atoms with Crippen molar-refractivity contribution in [3.8, 4) is 0 Å². The smallest absolute Gasteiger partial charge is 0.315 e. The molecule has 0 aromatic rings. The Hall–Kier alpha value is -1.79. The average Bonchev–Trinajstić information content (AvgIpc) is 2.96. The van der Waals surface area contributed by atoms with Gasteiger partial charge in [-0.05, 0) is 31.1 Å². The van der Waals surface area contributed by atoms with E-state index >= 15 is 0 Å². The van der Waals surface area contributed by atoms with E-state index in [1.165, 1.54) is 4.90 Å². The summed E-state index contributed by atoms with van der Waals surface area (Å²) >= 11 is 0. The van der Waals surface area contributed by atoms with Crippen LogP contribution in [0, 0.1) is 17.8 Å². The third-order valence-electron chi connectivity index (χ3n) is 4.40. The maximum absolute atomic E-state index is 11.8. The normalized spacial score (nSPS) is 30.9. The highest BCUT2D eigenvalue weighted by atomic mass is 16.4. The highest BCUT2D eigenvalue weighted by molar-refractivity contribution is 5.84. The number of urea groups is 1. The molecule has 4 unspecified atom stereocenters. The van der Waals surface area contributed by atoms with Crippen molar-refractivity contribution >= 4 is 17.9 Å². The summed E-state index contributed by atoms with van der Waals surface area (Å²) in [6, 6.07) is -0.787. The van der Waals surface area contributed by atoms with Crippen LogP contribution in [0.3, 0.4) is 0 Å². The molecule has 3 amide bonds. The van der Waals surface area contributed by atoms with Crippen LogP contribution in [0.5, 0.6) is 0 Å². The first-order chi connectivity index (χ1) is 9.40. The number of hydrogen-bond donors (Lipinski definition) is 3. The standard InChI is InChI=1S/C13H21N3O4/c1-16(2)9(17)6-14-13(20)15-11-8-4-3-7(5-8)10(11)12(18)19/h7-8,10-11H,3-6H2,1-2H3,(H,18,19)(H2,14,15,20). The molecule has 3 N–H and O–H groups in total. The fraction of sp³-hybridized carbons (Fsp3) is 0.769. The number of aliphatic carboxylic acids is 1. The van der Waals surface area contributed by atoms with Gasteiger partial charge in [-0.25, -0.2) is 4.79 Å². The Morgan fingerprint density at radius 3 is 2.45 bits per heavy atom. The van der Waals surface area contributed by atoms with Crippen LogP contribution < -0.4 is 10.6 Å². The Morgan fingerprint density at radius 1 is 1.20 bits per heavy atom. The Morgan fingerprint density at radius 2 is 1.85 bits per heavy atom. The van der Waals surface area contributed by atoms with Gasteiger partial charge in [0.25, 0.3) is 0 Å². The van der Waals surface area contributed by atoms with Gasteiger partial charge in [0, 0.05) is 20.1 Å². The van der Waals surface area contributed by atoms with Gasteiger partial charge in [0.1, 0.15) is 0 Å². The number of nitrogens with one attached hydrogen (secondary N) is 2. The minimum atomic E-state index is -0.841. The molecule has 2 bridgehead atoms. The molecule has 0 spiro atoms. The molecule has 20 heavy (non-hydrogen) atoms. The van der Waals surface area contributed by atoms with Gasteiger partial charge in [0.2, 0.25) is 5.91 Å². The van der Waals surface area contributed by atoms with Gasteiger partial charge in [0.05, 0.1) is 12.5 Å². The lowest BCUT2D eigenvalue weighted by molar-refractivity contribution is -0.144. The zero-order chi connectivity index (χ0) is 14.9. The molecule has 7 heteroatoms. The van der Waals surface area contributed by atoms with Gasteiger partial charge in [0.15, 0.2) is 0 Å². The molecule has 0 radical (unpaired) electrons. The van der Waals surface area contributed by atoms with Gasteiger partial charge in [-0.2, -0.15) is 0 Å². The molecule has 4 atom stereocenters. The van der Waals surface area contributed by atoms with E-state index in [-0.39, 0.29) is 30.3 Å². The number of likely N-dealkylation sites (N-methyl/N-ethyl adjacent to an activating group) is 1. The summed E-state index contributed by atoms with van der Waals surface area (Å²) in [5.74, 6) is -1.12. The predicted molar refractivity (Wildman–Crippen MR) is 71.0 cm³/mol. The number of carboxylic acid groups (broad SMARTS) is 1. The molecule has 2 rings (SSSR count). The summed E-state index contributed by atoms with van der Waals surface area (Å²) in [7, 11) is 3.22. The molecular formula is C13H21N3O4. The van der Waals surface area contributed by atoms with Crippen molar-refractivity contribution in [1.82, 2.24) is 15.5 Å². The summed E-state index contributed by atoms with van der Waals surface area (Å²) < 4.78 is 0. The van der Waals surface area contributed by atoms with Crippen LogP contribution in [0.1, 0.15) is 19.3 Å². The molecule has 7 nitrogen and oxygen atoms in total. The quantitative estimate of drug-likeness (QED) is 0.669. The Labute approximate surface area is 117 Å². The van der Waals surface area contributed by atoms with Crippen LogP contribution in [0.25, 0.3) is 0 Å². The van der Waals surface area contributed by atoms with Crippen molar-refractivity contribution in [3.05, 3.63) is 0 Å². The number of amides is 3. The van der Waals surface area contributed by atoms with Crippen LogP contribution >= 0.6 is 0 Å². The highest BCUT2D eigenvalue weighted by Gasteiger charge is 2.51. The molecule has 0 aliphatic heterocycles. The van der Waals surface area contributed by atoms with E-state index in [9.17, 15) is 19.5 Å². The second-order valence-electron chi connectivity index (χ2n) is 5.84. The summed E-state index contributed by atoms with van der Waals surface area (Å²) in [6.45, 7) is -0.0859. The fourth-order valence-electron chi connectivity index (χ4n) is 3.37. The molecular weight excluding hydrogens is 262 g/mol. The van der Waals surface area contributed by atoms with E-state index in [0.29, 0.717) is 0 Å². The Bertz CT molecular complexity index is 424. The monoisotopic (exact) mass is 283 g/mol. The zero-order valence-electron chi connectivity index (χ0n) is 11.8. The number of rotatable bonds is 4. The minimum absolute atomic E-state index is 0.0859. The van der Waals surface area contributed by atoms with E-state index in [2.05, 4.69) is 10.6 Å². The van der Waals surface area contributed by atoms with Crippen LogP contribution in [0.15, 0.2) is 0 Å². The minimum Gasteiger partial charge on any atom is -0.481 e. The number of nitrogens with zero attached hydrogens (tertiary/aromatic N) is 1. The zero-order valence-corrected chi connectivity index (χ0v) is 11.8. The summed E-state index contributed by atoms with van der Waals surface area (Å²) in [6.07, 6.45) is 2.77. The second-order valence-corrected chi connectivity index (χ2v) is 5.84. The van der Waals surface area contributed by atoms with Crippen molar-refractivity contribution in [3.63, 3.8) is 0 Å². The van der Waals surface area contributed by atoms with Gasteiger partial charge in [-0.15, -0.1) is 0 Å². The number of carboxylic acids is 1. The molecule has 0 saturated heterocycles. The third-order valence-corrected chi connectivity index (χ3v) is 4.40. The van der Waals surface area contributed by atoms with Gasteiger partial charge in [-0.1, -0.05) is 0 Å². The van der Waals surface area contributed by atoms with Crippen LogP contribution in [0.4, 0.5) is 4.79 Å². The summed E-state index contributed by atoms with van der Waals surface area (Å²) in [5, 5.41) is 14.5. The SMILES string of the molecule is CN(C)C(=O)CNC(=O)NC1C2CCC(C2)C1C(=O)O. The number of carbonyl (C=O) groups is 3. The number of hydrogen-bond acceptors (Lipinski definition) is 3. The van der Waals surface area contributed by atoms with Crippen molar-refractivity contribution in [1.29, 1.82) is 0 Å². The van der Waals surface area contributed by atoms with Crippen molar-refractivity contribution < 1.29 is 19.5 Å². The first-order valence-electron chi connectivity index (χ1n) is 6.87. The number of fused-ring (bicyclic) bond motifs is 2. The lowest BCUT2D eigenvalue weighted by atomic mass is 9.84. The molecule has 112 valence electrons. The first kappa shape index (κ1) is 14.6. The molecule has 2 fully saturated rings. The molecule has 0 aromatic heterocycles. The molecule has 0 aromatic carbocycles. The van der Waals surface area contributed by atoms with E-state index in [1.54, 1.807) is 14.1 Å². The molecule has 0 heterocycles. The topological polar surface area (TPSA) is 98.7 Å². The molecule has 2 aliphatic carbocycles. The van der Waals surface area contributed by atoms with Crippen LogP contribution in [-0.2, 0) is 9.59 Å². The molecule has 2 saturated carbocycles. The maximum atomic E-state index is 11.8. The van der Waals surface area contributed by atoms with Gasteiger partial charge < -0.3 is 20.6 Å². The van der Waals surface area contributed by atoms with Gasteiger partial charge >= 0.3 is 12.0 Å². The lowest BCUT2D eigenvalue weighted by Crippen LogP contribution is -2.51. The molecule has 2 aliphatic rings. The predicted octanol–water partition coefficient (Wildman–Crippen LogP) is -0.127. The Kier molecular flexibility index (Phi) is 4.15. The maximum Gasteiger partial charge on any atom is 0.315 e.